The molecule has 2 amide bonds. The van der Waals surface area contributed by atoms with Gasteiger partial charge < -0.3 is 20.1 Å². The fourth-order valence-corrected chi connectivity index (χ4v) is 3.57. The van der Waals surface area contributed by atoms with E-state index in [1.165, 1.54) is 4.80 Å². The molecule has 1 aromatic heterocycles. The lowest BCUT2D eigenvalue weighted by molar-refractivity contribution is 0.0199. The fourth-order valence-electron chi connectivity index (χ4n) is 3.57. The van der Waals surface area contributed by atoms with Crippen LogP contribution in [0.1, 0.15) is 76.1 Å². The van der Waals surface area contributed by atoms with Gasteiger partial charge in [-0.15, -0.1) is 15.0 Å². The first-order valence-corrected chi connectivity index (χ1v) is 11.4. The predicted molar refractivity (Wildman–Crippen MR) is 127 cm³/mol. The second-order valence-electron chi connectivity index (χ2n) is 9.88. The van der Waals surface area contributed by atoms with Gasteiger partial charge in [-0.2, -0.15) is 0 Å². The van der Waals surface area contributed by atoms with E-state index in [2.05, 4.69) is 27.4 Å². The third-order valence-electron chi connectivity index (χ3n) is 5.36. The van der Waals surface area contributed by atoms with Crippen LogP contribution < -0.4 is 5.32 Å². The van der Waals surface area contributed by atoms with E-state index in [-0.39, 0.29) is 29.4 Å². The highest BCUT2D eigenvalue weighted by Gasteiger charge is 2.29. The van der Waals surface area contributed by atoms with Gasteiger partial charge in [0.2, 0.25) is 0 Å². The number of benzene rings is 1. The number of rotatable bonds is 4. The lowest BCUT2D eigenvalue weighted by Gasteiger charge is -2.33. The van der Waals surface area contributed by atoms with Crippen molar-refractivity contribution in [3.63, 3.8) is 0 Å². The van der Waals surface area contributed by atoms with Crippen molar-refractivity contribution in [2.24, 2.45) is 0 Å². The fraction of sp³-hybridized carbons (Fsp3) is 0.520. The third-order valence-corrected chi connectivity index (χ3v) is 5.36. The Morgan fingerprint density at radius 1 is 1.09 bits per heavy atom. The van der Waals surface area contributed by atoms with Crippen molar-refractivity contribution in [1.82, 2.24) is 25.2 Å². The topological polar surface area (TPSA) is 110 Å². The molecule has 9 heteroatoms. The number of carbonyl (C=O) groups excluding carboxylic acids is 2. The quantitative estimate of drug-likeness (QED) is 0.669. The van der Waals surface area contributed by atoms with Crippen LogP contribution in [0.5, 0.6) is 0 Å². The van der Waals surface area contributed by atoms with Gasteiger partial charge in [0, 0.05) is 19.1 Å². The minimum atomic E-state index is -0.959. The number of nitrogens with one attached hydrogen (secondary N) is 1. The molecule has 0 aliphatic carbocycles. The van der Waals surface area contributed by atoms with Gasteiger partial charge in [0.1, 0.15) is 5.60 Å². The van der Waals surface area contributed by atoms with Crippen molar-refractivity contribution in [2.45, 2.75) is 71.6 Å². The molecule has 0 radical (unpaired) electrons. The zero-order valence-corrected chi connectivity index (χ0v) is 20.7. The summed E-state index contributed by atoms with van der Waals surface area (Å²) in [6.07, 6.45) is 0.898. The van der Waals surface area contributed by atoms with Crippen LogP contribution in [0.2, 0.25) is 0 Å². The molecular formula is C25H33N5O4. The number of piperidine rings is 1. The van der Waals surface area contributed by atoms with E-state index < -0.39 is 11.2 Å². The van der Waals surface area contributed by atoms with Crippen molar-refractivity contribution in [3.8, 4) is 17.5 Å². The Hall–Kier alpha value is -3.38. The highest BCUT2D eigenvalue weighted by atomic mass is 16.6. The maximum atomic E-state index is 13.0. The van der Waals surface area contributed by atoms with Crippen LogP contribution in [0.25, 0.3) is 5.69 Å². The largest absolute Gasteiger partial charge is 0.444 e. The first-order valence-electron chi connectivity index (χ1n) is 11.4. The van der Waals surface area contributed by atoms with Gasteiger partial charge in [-0.3, -0.25) is 4.79 Å². The average Bonchev–Trinajstić information content (AvgIpc) is 3.17. The van der Waals surface area contributed by atoms with Crippen molar-refractivity contribution >= 4 is 12.0 Å². The molecule has 9 nitrogen and oxygen atoms in total. The first kappa shape index (κ1) is 25.2. The molecule has 1 fully saturated rings. The Kier molecular flexibility index (Phi) is 7.32. The summed E-state index contributed by atoms with van der Waals surface area (Å²) in [6.45, 7) is 11.6. The second-order valence-corrected chi connectivity index (χ2v) is 9.88. The van der Waals surface area contributed by atoms with E-state index in [0.717, 1.165) is 5.56 Å². The molecule has 1 aliphatic heterocycles. The van der Waals surface area contributed by atoms with Gasteiger partial charge in [0.15, 0.2) is 11.4 Å². The van der Waals surface area contributed by atoms with Crippen LogP contribution in [0.3, 0.4) is 0 Å². The number of carbonyl (C=O) groups is 2. The van der Waals surface area contributed by atoms with E-state index in [9.17, 15) is 14.7 Å². The number of hydrogen-bond acceptors (Lipinski definition) is 6. The summed E-state index contributed by atoms with van der Waals surface area (Å²) in [5.41, 5.74) is 0.344. The van der Waals surface area contributed by atoms with Crippen LogP contribution >= 0.6 is 0 Å². The minimum Gasteiger partial charge on any atom is -0.444 e. The van der Waals surface area contributed by atoms with E-state index in [1.54, 1.807) is 49.9 Å². The van der Waals surface area contributed by atoms with Crippen LogP contribution in [-0.4, -0.2) is 61.7 Å². The average molecular weight is 468 g/mol. The lowest BCUT2D eigenvalue weighted by Crippen LogP contribution is -2.48. The van der Waals surface area contributed by atoms with Crippen LogP contribution in [0.4, 0.5) is 4.79 Å². The highest BCUT2D eigenvalue weighted by Crippen LogP contribution is 2.21. The molecule has 2 heterocycles. The number of nitrogens with zero attached hydrogens (tertiary/aromatic N) is 4. The standard InChI is InChI=1S/C25H33N5O4/c1-7-8-20-21(28-30(27-20)19-11-9-17(10-12-19)25(5,6)33)22(31)26-18-13-15-29(16-14-18)23(32)34-24(2,3)4/h9-12,18,33H,13-16H2,1-6H3,(H,26,31). The predicted octanol–water partition coefficient (Wildman–Crippen LogP) is 3.00. The van der Waals surface area contributed by atoms with Crippen LogP contribution in [0.15, 0.2) is 24.3 Å². The molecule has 1 saturated heterocycles. The van der Waals surface area contributed by atoms with Crippen LogP contribution in [-0.2, 0) is 10.3 Å². The van der Waals surface area contributed by atoms with Crippen molar-refractivity contribution in [1.29, 1.82) is 0 Å². The molecule has 2 aromatic rings. The van der Waals surface area contributed by atoms with E-state index >= 15 is 0 Å². The van der Waals surface area contributed by atoms with Crippen molar-refractivity contribution in [2.75, 3.05) is 13.1 Å². The Morgan fingerprint density at radius 2 is 1.71 bits per heavy atom. The monoisotopic (exact) mass is 467 g/mol. The Labute approximate surface area is 200 Å². The molecular weight excluding hydrogens is 434 g/mol. The Bertz CT molecular complexity index is 1090. The molecule has 2 N–H and O–H groups in total. The van der Waals surface area contributed by atoms with E-state index in [1.807, 2.05) is 20.8 Å². The zero-order valence-electron chi connectivity index (χ0n) is 20.7. The van der Waals surface area contributed by atoms with Gasteiger partial charge in [0.05, 0.1) is 11.3 Å². The summed E-state index contributed by atoms with van der Waals surface area (Å²) in [6, 6.07) is 7.06. The number of aliphatic hydroxyl groups is 1. The summed E-state index contributed by atoms with van der Waals surface area (Å²) in [7, 11) is 0. The second kappa shape index (κ2) is 9.85. The Balaban J connectivity index is 1.69. The maximum Gasteiger partial charge on any atom is 0.410 e. The maximum absolute atomic E-state index is 13.0. The SMILES string of the molecule is CC#Cc1nn(-c2ccc(C(C)(C)O)cc2)nc1C(=O)NC1CCN(C(=O)OC(C)(C)C)CC1. The molecule has 1 aliphatic rings. The van der Waals surface area contributed by atoms with Gasteiger partial charge >= 0.3 is 6.09 Å². The van der Waals surface area contributed by atoms with E-state index in [4.69, 9.17) is 4.74 Å². The number of aromatic nitrogens is 3. The zero-order chi connectivity index (χ0) is 25.1. The highest BCUT2D eigenvalue weighted by molar-refractivity contribution is 5.94. The number of likely N-dealkylation sites (tertiary alicyclic amines) is 1. The summed E-state index contributed by atoms with van der Waals surface area (Å²) >= 11 is 0. The van der Waals surface area contributed by atoms with Crippen LogP contribution in [0, 0.1) is 11.8 Å². The summed E-state index contributed by atoms with van der Waals surface area (Å²) < 4.78 is 5.43. The van der Waals surface area contributed by atoms with Gasteiger partial charge in [-0.05, 0) is 78.0 Å². The van der Waals surface area contributed by atoms with Gasteiger partial charge in [-0.25, -0.2) is 4.79 Å². The van der Waals surface area contributed by atoms with Crippen molar-refractivity contribution in [3.05, 3.63) is 41.2 Å². The first-order chi connectivity index (χ1) is 15.9. The molecule has 0 atom stereocenters. The summed E-state index contributed by atoms with van der Waals surface area (Å²) in [5, 5.41) is 21.9. The lowest BCUT2D eigenvalue weighted by atomic mass is 9.98. The van der Waals surface area contributed by atoms with Crippen molar-refractivity contribution < 1.29 is 19.4 Å². The van der Waals surface area contributed by atoms with Gasteiger partial charge in [-0.1, -0.05) is 18.1 Å². The number of hydrogen-bond donors (Lipinski definition) is 2. The molecule has 0 unspecified atom stereocenters. The number of ether oxygens (including phenoxy) is 1. The molecule has 3 rings (SSSR count). The normalized spacial score (nSPS) is 14.9. The molecule has 1 aromatic carbocycles. The van der Waals surface area contributed by atoms with Gasteiger partial charge in [0.25, 0.3) is 5.91 Å². The summed E-state index contributed by atoms with van der Waals surface area (Å²) in [4.78, 5) is 28.3. The molecule has 0 bridgehead atoms. The molecule has 34 heavy (non-hydrogen) atoms. The third kappa shape index (κ3) is 6.35. The molecule has 182 valence electrons. The number of amides is 2. The van der Waals surface area contributed by atoms with E-state index in [0.29, 0.717) is 31.6 Å². The smallest absolute Gasteiger partial charge is 0.410 e. The molecule has 0 spiro atoms. The Morgan fingerprint density at radius 3 is 2.24 bits per heavy atom. The minimum absolute atomic E-state index is 0.0927. The summed E-state index contributed by atoms with van der Waals surface area (Å²) in [5.74, 6) is 5.27. The molecule has 0 saturated carbocycles.